The fraction of sp³-hybridized carbons (Fsp3) is 0.600. The van der Waals surface area contributed by atoms with E-state index in [1.54, 1.807) is 7.11 Å². The number of aliphatic hydroxyl groups is 1. The average Bonchev–Trinajstić information content (AvgIpc) is 2.43. The maximum Gasteiger partial charge on any atom is 0.0632 e. The molecule has 4 nitrogen and oxygen atoms in total. The molecule has 1 aromatic carbocycles. The van der Waals surface area contributed by atoms with Crippen LogP contribution in [0.15, 0.2) is 18.2 Å². The zero-order valence-electron chi connectivity index (χ0n) is 12.4. The molecule has 2 N–H and O–H groups in total. The molecule has 0 heterocycles. The molecule has 0 aliphatic rings. The summed E-state index contributed by atoms with van der Waals surface area (Å²) in [6, 6.07) is 6.54. The van der Waals surface area contributed by atoms with Crippen molar-refractivity contribution in [2.24, 2.45) is 0 Å². The minimum Gasteiger partial charge on any atom is -0.394 e. The lowest BCUT2D eigenvalue weighted by molar-refractivity contribution is 0.199. The van der Waals surface area contributed by atoms with Crippen molar-refractivity contribution in [1.82, 2.24) is 5.32 Å². The van der Waals surface area contributed by atoms with Crippen LogP contribution in [0, 0.1) is 6.92 Å². The molecule has 19 heavy (non-hydrogen) atoms. The molecule has 0 saturated carbocycles. The molecule has 4 heteroatoms. The molecule has 0 radical (unpaired) electrons. The number of anilines is 1. The lowest BCUT2D eigenvalue weighted by Gasteiger charge is -2.26. The maximum atomic E-state index is 9.19. The highest BCUT2D eigenvalue weighted by molar-refractivity contribution is 5.51. The number of methoxy groups -OCH3 is 1. The van der Waals surface area contributed by atoms with Crippen molar-refractivity contribution in [3.8, 4) is 0 Å². The smallest absolute Gasteiger partial charge is 0.0632 e. The molecule has 0 spiro atoms. The molecule has 0 bridgehead atoms. The Labute approximate surface area is 116 Å². The summed E-state index contributed by atoms with van der Waals surface area (Å²) in [4.78, 5) is 2.09. The highest BCUT2D eigenvalue weighted by Crippen LogP contribution is 2.19. The van der Waals surface area contributed by atoms with Crippen LogP contribution in [-0.4, -0.2) is 45.1 Å². The van der Waals surface area contributed by atoms with Gasteiger partial charge in [0.25, 0.3) is 0 Å². The average molecular weight is 266 g/mol. The van der Waals surface area contributed by atoms with Crippen LogP contribution in [0.2, 0.25) is 0 Å². The summed E-state index contributed by atoms with van der Waals surface area (Å²) < 4.78 is 5.01. The molecule has 1 atom stereocenters. The number of benzene rings is 1. The van der Waals surface area contributed by atoms with Crippen LogP contribution in [0.25, 0.3) is 0 Å². The predicted molar refractivity (Wildman–Crippen MR) is 79.7 cm³/mol. The zero-order valence-corrected chi connectivity index (χ0v) is 12.4. The molecule has 0 aromatic heterocycles. The van der Waals surface area contributed by atoms with Crippen molar-refractivity contribution in [2.75, 3.05) is 38.8 Å². The first-order chi connectivity index (χ1) is 9.10. The van der Waals surface area contributed by atoms with Gasteiger partial charge in [0.1, 0.15) is 0 Å². The summed E-state index contributed by atoms with van der Waals surface area (Å²) in [6.07, 6.45) is 0. The van der Waals surface area contributed by atoms with E-state index in [9.17, 15) is 5.11 Å². The fourth-order valence-electron chi connectivity index (χ4n) is 1.87. The highest BCUT2D eigenvalue weighted by Gasteiger charge is 2.09. The van der Waals surface area contributed by atoms with Crippen molar-refractivity contribution >= 4 is 5.69 Å². The molecule has 0 saturated heterocycles. The van der Waals surface area contributed by atoms with Crippen molar-refractivity contribution in [3.05, 3.63) is 29.3 Å². The van der Waals surface area contributed by atoms with Gasteiger partial charge in [0.2, 0.25) is 0 Å². The lowest BCUT2D eigenvalue weighted by atomic mass is 10.1. The normalized spacial score (nSPS) is 12.5. The first-order valence-electron chi connectivity index (χ1n) is 6.73. The van der Waals surface area contributed by atoms with Crippen molar-refractivity contribution in [1.29, 1.82) is 0 Å². The minimum absolute atomic E-state index is 0.130. The van der Waals surface area contributed by atoms with E-state index in [1.165, 1.54) is 11.1 Å². The van der Waals surface area contributed by atoms with E-state index in [0.717, 1.165) is 25.4 Å². The van der Waals surface area contributed by atoms with Crippen LogP contribution in [0.5, 0.6) is 0 Å². The van der Waals surface area contributed by atoms with E-state index in [2.05, 4.69) is 35.3 Å². The van der Waals surface area contributed by atoms with Gasteiger partial charge in [-0.2, -0.15) is 0 Å². The Morgan fingerprint density at radius 3 is 2.74 bits per heavy atom. The van der Waals surface area contributed by atoms with Gasteiger partial charge in [-0.05, 0) is 37.1 Å². The Balaban J connectivity index is 2.63. The van der Waals surface area contributed by atoms with Gasteiger partial charge in [-0.3, -0.25) is 0 Å². The second-order valence-corrected chi connectivity index (χ2v) is 4.92. The monoisotopic (exact) mass is 266 g/mol. The standard InChI is InChI=1S/C15H26N2O2/c1-12-9-15(17(3)13(2)11-18)6-5-14(12)10-16-7-8-19-4/h5-6,9,13,16,18H,7-8,10-11H2,1-4H3. The number of nitrogens with one attached hydrogen (secondary N) is 1. The zero-order chi connectivity index (χ0) is 14.3. The molecule has 1 rings (SSSR count). The number of ether oxygens (including phenoxy) is 1. The van der Waals surface area contributed by atoms with Gasteiger partial charge in [0, 0.05) is 39.0 Å². The number of nitrogens with zero attached hydrogens (tertiary/aromatic N) is 1. The van der Waals surface area contributed by atoms with Gasteiger partial charge in [-0.25, -0.2) is 0 Å². The van der Waals surface area contributed by atoms with Gasteiger partial charge >= 0.3 is 0 Å². The Morgan fingerprint density at radius 2 is 2.16 bits per heavy atom. The van der Waals surface area contributed by atoms with E-state index in [1.807, 2.05) is 14.0 Å². The second kappa shape index (κ2) is 8.15. The summed E-state index contributed by atoms with van der Waals surface area (Å²) >= 11 is 0. The van der Waals surface area contributed by atoms with Gasteiger partial charge in [0.15, 0.2) is 0 Å². The number of hydrogen-bond donors (Lipinski definition) is 2. The molecular weight excluding hydrogens is 240 g/mol. The summed E-state index contributed by atoms with van der Waals surface area (Å²) in [5.41, 5.74) is 3.70. The number of rotatable bonds is 8. The second-order valence-electron chi connectivity index (χ2n) is 4.92. The third-order valence-electron chi connectivity index (χ3n) is 3.46. The Bertz CT molecular complexity index is 382. The molecular formula is C15H26N2O2. The summed E-state index contributed by atoms with van der Waals surface area (Å²) in [5, 5.41) is 12.5. The number of aryl methyl sites for hydroxylation is 1. The maximum absolute atomic E-state index is 9.19. The minimum atomic E-state index is 0.130. The van der Waals surface area contributed by atoms with Gasteiger partial charge in [0.05, 0.1) is 13.2 Å². The first-order valence-corrected chi connectivity index (χ1v) is 6.73. The van der Waals surface area contributed by atoms with Crippen LogP contribution in [0.4, 0.5) is 5.69 Å². The van der Waals surface area contributed by atoms with Gasteiger partial charge in [-0.1, -0.05) is 6.07 Å². The largest absolute Gasteiger partial charge is 0.394 e. The Morgan fingerprint density at radius 1 is 1.42 bits per heavy atom. The van der Waals surface area contributed by atoms with E-state index >= 15 is 0 Å². The number of aliphatic hydroxyl groups excluding tert-OH is 1. The molecule has 1 unspecified atom stereocenters. The van der Waals surface area contributed by atoms with Crippen LogP contribution in [0.1, 0.15) is 18.1 Å². The first kappa shape index (κ1) is 16.0. The molecule has 0 fully saturated rings. The van der Waals surface area contributed by atoms with Crippen molar-refractivity contribution in [2.45, 2.75) is 26.4 Å². The predicted octanol–water partition coefficient (Wildman–Crippen LogP) is 1.55. The van der Waals surface area contributed by atoms with Crippen LogP contribution < -0.4 is 10.2 Å². The summed E-state index contributed by atoms with van der Waals surface area (Å²) in [7, 11) is 3.71. The molecule has 0 amide bonds. The summed E-state index contributed by atoms with van der Waals surface area (Å²) in [5.74, 6) is 0. The van der Waals surface area contributed by atoms with Crippen molar-refractivity contribution < 1.29 is 9.84 Å². The lowest BCUT2D eigenvalue weighted by Crippen LogP contribution is -2.31. The molecule has 0 aliphatic heterocycles. The highest BCUT2D eigenvalue weighted by atomic mass is 16.5. The van der Waals surface area contributed by atoms with Crippen LogP contribution in [0.3, 0.4) is 0 Å². The fourth-order valence-corrected chi connectivity index (χ4v) is 1.87. The summed E-state index contributed by atoms with van der Waals surface area (Å²) in [6.45, 7) is 6.74. The molecule has 0 aliphatic carbocycles. The number of hydrogen-bond acceptors (Lipinski definition) is 4. The topological polar surface area (TPSA) is 44.7 Å². The quantitative estimate of drug-likeness (QED) is 0.701. The molecule has 108 valence electrons. The third kappa shape index (κ3) is 4.82. The van der Waals surface area contributed by atoms with E-state index in [4.69, 9.17) is 4.74 Å². The van der Waals surface area contributed by atoms with Crippen LogP contribution in [-0.2, 0) is 11.3 Å². The SMILES string of the molecule is COCCNCc1ccc(N(C)C(C)CO)cc1C. The van der Waals surface area contributed by atoms with E-state index < -0.39 is 0 Å². The Kier molecular flexibility index (Phi) is 6.84. The van der Waals surface area contributed by atoms with Gasteiger partial charge in [-0.15, -0.1) is 0 Å². The Hall–Kier alpha value is -1.10. The molecule has 1 aromatic rings. The van der Waals surface area contributed by atoms with Crippen LogP contribution >= 0.6 is 0 Å². The van der Waals surface area contributed by atoms with Crippen molar-refractivity contribution in [3.63, 3.8) is 0 Å². The van der Waals surface area contributed by atoms with Gasteiger partial charge < -0.3 is 20.1 Å². The number of likely N-dealkylation sites (N-methyl/N-ethyl adjacent to an activating group) is 1. The van der Waals surface area contributed by atoms with E-state index in [0.29, 0.717) is 0 Å². The third-order valence-corrected chi connectivity index (χ3v) is 3.46. The van der Waals surface area contributed by atoms with E-state index in [-0.39, 0.29) is 12.6 Å².